The SMILES string of the molecule is COc1ccc(CNc2nccc3c(NCC45CC(COc6ccn7ccnc7c6)(CCO4)C5)cccc23)c(OC)c1. The highest BCUT2D eigenvalue weighted by Gasteiger charge is 2.58. The Bertz CT molecular complexity index is 1730. The Labute approximate surface area is 244 Å². The number of rotatable bonds is 11. The number of methoxy groups -OCH3 is 2. The van der Waals surface area contributed by atoms with Crippen molar-refractivity contribution in [3.8, 4) is 17.2 Å². The fraction of sp³-hybridized carbons (Fsp3) is 0.333. The number of ether oxygens (including phenoxy) is 4. The van der Waals surface area contributed by atoms with Crippen LogP contribution in [-0.4, -0.2) is 53.9 Å². The third kappa shape index (κ3) is 4.94. The molecule has 5 heterocycles. The Hall–Kier alpha value is -4.50. The zero-order valence-corrected chi connectivity index (χ0v) is 23.9. The molecule has 2 aromatic carbocycles. The standard InChI is InChI=1S/C33H35N5O4/c1-39-24-7-6-23(29(16-24)40-2)18-36-31-27-4-3-5-28(26(27)8-11-35-31)37-21-33-19-32(20-33,10-15-42-33)22-41-25-9-13-38-14-12-34-30(38)17-25/h3-9,11-14,16-17,37H,10,15,18-22H2,1-2H3,(H,35,36). The number of benzene rings is 2. The van der Waals surface area contributed by atoms with E-state index >= 15 is 0 Å². The van der Waals surface area contributed by atoms with Gasteiger partial charge in [-0.25, -0.2) is 9.97 Å². The molecule has 0 spiro atoms. The minimum atomic E-state index is -0.171. The van der Waals surface area contributed by atoms with Crippen LogP contribution in [0.25, 0.3) is 16.4 Å². The first-order valence-corrected chi connectivity index (χ1v) is 14.3. The molecule has 3 aliphatic rings. The van der Waals surface area contributed by atoms with Crippen molar-refractivity contribution in [1.82, 2.24) is 14.4 Å². The van der Waals surface area contributed by atoms with Gasteiger partial charge in [-0.2, -0.15) is 0 Å². The summed E-state index contributed by atoms with van der Waals surface area (Å²) in [5, 5.41) is 9.39. The first-order valence-electron chi connectivity index (χ1n) is 14.3. The van der Waals surface area contributed by atoms with E-state index in [1.165, 1.54) is 0 Å². The van der Waals surface area contributed by atoms with Gasteiger partial charge in [0.2, 0.25) is 0 Å². The summed E-state index contributed by atoms with van der Waals surface area (Å²) in [5.41, 5.74) is 2.98. The van der Waals surface area contributed by atoms with Crippen molar-refractivity contribution in [1.29, 1.82) is 0 Å². The monoisotopic (exact) mass is 565 g/mol. The van der Waals surface area contributed by atoms with Crippen molar-refractivity contribution in [3.63, 3.8) is 0 Å². The normalized spacial score (nSPS) is 21.1. The van der Waals surface area contributed by atoms with Crippen LogP contribution in [0.2, 0.25) is 0 Å². The second-order valence-electron chi connectivity index (χ2n) is 11.4. The highest BCUT2D eigenvalue weighted by molar-refractivity contribution is 5.99. The highest BCUT2D eigenvalue weighted by Crippen LogP contribution is 2.56. The van der Waals surface area contributed by atoms with Crippen LogP contribution in [0.4, 0.5) is 11.5 Å². The van der Waals surface area contributed by atoms with Crippen molar-refractivity contribution in [3.05, 3.63) is 84.9 Å². The lowest BCUT2D eigenvalue weighted by Crippen LogP contribution is -2.63. The predicted molar refractivity (Wildman–Crippen MR) is 163 cm³/mol. The maximum Gasteiger partial charge on any atom is 0.140 e. The Morgan fingerprint density at radius 1 is 0.905 bits per heavy atom. The molecule has 1 saturated carbocycles. The van der Waals surface area contributed by atoms with Gasteiger partial charge in [0, 0.05) is 84.1 Å². The molecule has 8 rings (SSSR count). The number of hydrogen-bond donors (Lipinski definition) is 2. The lowest BCUT2D eigenvalue weighted by Gasteiger charge is -2.59. The fourth-order valence-corrected chi connectivity index (χ4v) is 6.58. The molecule has 3 fully saturated rings. The van der Waals surface area contributed by atoms with Crippen LogP contribution in [0.3, 0.4) is 0 Å². The molecule has 2 saturated heterocycles. The Morgan fingerprint density at radius 3 is 2.71 bits per heavy atom. The molecule has 42 heavy (non-hydrogen) atoms. The number of nitrogens with one attached hydrogen (secondary N) is 2. The molecular formula is C33H35N5O4. The number of pyridine rings is 2. The van der Waals surface area contributed by atoms with Gasteiger partial charge in [0.25, 0.3) is 0 Å². The molecule has 1 aliphatic carbocycles. The van der Waals surface area contributed by atoms with Gasteiger partial charge in [0.15, 0.2) is 0 Å². The van der Waals surface area contributed by atoms with E-state index in [1.807, 2.05) is 53.3 Å². The third-order valence-corrected chi connectivity index (χ3v) is 8.70. The van der Waals surface area contributed by atoms with Crippen LogP contribution in [0.5, 0.6) is 17.2 Å². The molecule has 2 aliphatic heterocycles. The van der Waals surface area contributed by atoms with E-state index < -0.39 is 0 Å². The quantitative estimate of drug-likeness (QED) is 0.203. The Balaban J connectivity index is 1.01. The van der Waals surface area contributed by atoms with Crippen molar-refractivity contribution < 1.29 is 18.9 Å². The van der Waals surface area contributed by atoms with E-state index in [-0.39, 0.29) is 11.0 Å². The largest absolute Gasteiger partial charge is 0.497 e. The first kappa shape index (κ1) is 26.4. The maximum absolute atomic E-state index is 6.36. The average Bonchev–Trinajstić information content (AvgIpc) is 3.49. The lowest BCUT2D eigenvalue weighted by atomic mass is 9.56. The molecule has 2 N–H and O–H groups in total. The summed E-state index contributed by atoms with van der Waals surface area (Å²) >= 11 is 0. The smallest absolute Gasteiger partial charge is 0.140 e. The van der Waals surface area contributed by atoms with E-state index in [2.05, 4.69) is 44.9 Å². The molecule has 0 unspecified atom stereocenters. The molecule has 0 atom stereocenters. The van der Waals surface area contributed by atoms with Gasteiger partial charge in [-0.15, -0.1) is 0 Å². The van der Waals surface area contributed by atoms with Crippen LogP contribution >= 0.6 is 0 Å². The van der Waals surface area contributed by atoms with Crippen LogP contribution < -0.4 is 24.8 Å². The molecule has 2 bridgehead atoms. The Kier molecular flexibility index (Phi) is 6.74. The zero-order valence-electron chi connectivity index (χ0n) is 23.9. The minimum absolute atomic E-state index is 0.157. The molecule has 216 valence electrons. The van der Waals surface area contributed by atoms with Crippen molar-refractivity contribution >= 4 is 27.9 Å². The van der Waals surface area contributed by atoms with E-state index in [4.69, 9.17) is 18.9 Å². The number of fused-ring (bicyclic) bond motifs is 4. The van der Waals surface area contributed by atoms with Gasteiger partial charge >= 0.3 is 0 Å². The summed E-state index contributed by atoms with van der Waals surface area (Å²) in [6, 6.07) is 18.2. The van der Waals surface area contributed by atoms with Gasteiger partial charge in [0.1, 0.15) is 28.7 Å². The van der Waals surface area contributed by atoms with Crippen LogP contribution in [0.1, 0.15) is 24.8 Å². The number of aromatic nitrogens is 3. The van der Waals surface area contributed by atoms with Crippen molar-refractivity contribution in [2.45, 2.75) is 31.4 Å². The van der Waals surface area contributed by atoms with E-state index in [0.717, 1.165) is 83.2 Å². The van der Waals surface area contributed by atoms with Crippen LogP contribution in [0, 0.1) is 5.41 Å². The van der Waals surface area contributed by atoms with Gasteiger partial charge < -0.3 is 34.0 Å². The van der Waals surface area contributed by atoms with Crippen LogP contribution in [0.15, 0.2) is 79.4 Å². The molecule has 0 amide bonds. The second kappa shape index (κ2) is 10.7. The number of imidazole rings is 1. The molecule has 5 aromatic rings. The molecule has 3 aromatic heterocycles. The second-order valence-corrected chi connectivity index (χ2v) is 11.4. The summed E-state index contributed by atoms with van der Waals surface area (Å²) in [7, 11) is 3.32. The fourth-order valence-electron chi connectivity index (χ4n) is 6.58. The topological polar surface area (TPSA) is 91.2 Å². The molecule has 9 nitrogen and oxygen atoms in total. The summed E-state index contributed by atoms with van der Waals surface area (Å²) in [5.74, 6) is 3.23. The zero-order chi connectivity index (χ0) is 28.6. The first-order chi connectivity index (χ1) is 20.6. The van der Waals surface area contributed by atoms with E-state index in [0.29, 0.717) is 13.2 Å². The van der Waals surface area contributed by atoms with E-state index in [1.54, 1.807) is 20.4 Å². The molecule has 0 radical (unpaired) electrons. The predicted octanol–water partition coefficient (Wildman–Crippen LogP) is 5.94. The maximum atomic E-state index is 6.36. The van der Waals surface area contributed by atoms with Crippen molar-refractivity contribution in [2.24, 2.45) is 5.41 Å². The number of nitrogens with zero attached hydrogens (tertiary/aromatic N) is 3. The van der Waals surface area contributed by atoms with E-state index in [9.17, 15) is 0 Å². The van der Waals surface area contributed by atoms with Gasteiger partial charge in [-0.05, 0) is 49.6 Å². The Morgan fingerprint density at radius 2 is 1.83 bits per heavy atom. The summed E-state index contributed by atoms with van der Waals surface area (Å²) in [6.07, 6.45) is 10.6. The minimum Gasteiger partial charge on any atom is -0.497 e. The lowest BCUT2D eigenvalue weighted by molar-refractivity contribution is -0.225. The van der Waals surface area contributed by atoms with Gasteiger partial charge in [-0.1, -0.05) is 12.1 Å². The average molecular weight is 566 g/mol. The molecule has 9 heteroatoms. The summed E-state index contributed by atoms with van der Waals surface area (Å²) in [6.45, 7) is 2.78. The summed E-state index contributed by atoms with van der Waals surface area (Å²) < 4.78 is 25.5. The van der Waals surface area contributed by atoms with Gasteiger partial charge in [-0.3, -0.25) is 0 Å². The summed E-state index contributed by atoms with van der Waals surface area (Å²) in [4.78, 5) is 9.01. The van der Waals surface area contributed by atoms with Crippen molar-refractivity contribution in [2.75, 3.05) is 44.6 Å². The highest BCUT2D eigenvalue weighted by atomic mass is 16.5. The number of anilines is 2. The molecular weight excluding hydrogens is 530 g/mol. The number of hydrogen-bond acceptors (Lipinski definition) is 8. The van der Waals surface area contributed by atoms with Crippen LogP contribution in [-0.2, 0) is 11.3 Å². The van der Waals surface area contributed by atoms with Gasteiger partial charge in [0.05, 0.1) is 26.4 Å². The third-order valence-electron chi connectivity index (χ3n) is 8.70.